The summed E-state index contributed by atoms with van der Waals surface area (Å²) >= 11 is 0. The number of fused-ring (bicyclic) bond motifs is 1. The molecular formula is C30H33F4N5O3. The molecule has 42 heavy (non-hydrogen) atoms. The standard InChI is InChI=1S/C30H33F4N5O3/c1-20(19-36-12-14-37(15-13-36)26-6-3-21-16-23(31)4-2-22(21)17-26)29(40)38-10-8-24(9-11-38)35-25-5-7-28(39(41)42)27(18-25)30(32,33)34/h2-7,16-18,20,24,35H,8-15,19H2,1H3. The first-order valence-corrected chi connectivity index (χ1v) is 14.1. The molecule has 224 valence electrons. The number of piperazine rings is 1. The third-order valence-electron chi connectivity index (χ3n) is 8.15. The number of nitro benzene ring substituents is 1. The summed E-state index contributed by atoms with van der Waals surface area (Å²) in [5.74, 6) is -0.383. The monoisotopic (exact) mass is 587 g/mol. The Morgan fingerprint density at radius 1 is 0.976 bits per heavy atom. The molecule has 0 bridgehead atoms. The highest BCUT2D eigenvalue weighted by Gasteiger charge is 2.38. The highest BCUT2D eigenvalue weighted by atomic mass is 19.4. The van der Waals surface area contributed by atoms with Crippen LogP contribution in [0, 0.1) is 21.8 Å². The van der Waals surface area contributed by atoms with E-state index in [0.717, 1.165) is 54.8 Å². The van der Waals surface area contributed by atoms with E-state index in [4.69, 9.17) is 0 Å². The highest BCUT2D eigenvalue weighted by molar-refractivity contribution is 5.86. The number of nitro groups is 1. The largest absolute Gasteiger partial charge is 0.423 e. The zero-order valence-electron chi connectivity index (χ0n) is 23.2. The van der Waals surface area contributed by atoms with Crippen LogP contribution in [-0.2, 0) is 11.0 Å². The Labute approximate surface area is 241 Å². The number of alkyl halides is 3. The third-order valence-corrected chi connectivity index (χ3v) is 8.15. The van der Waals surface area contributed by atoms with Crippen LogP contribution in [0.15, 0.2) is 54.6 Å². The van der Waals surface area contributed by atoms with Crippen LogP contribution < -0.4 is 10.2 Å². The predicted molar refractivity (Wildman–Crippen MR) is 153 cm³/mol. The summed E-state index contributed by atoms with van der Waals surface area (Å²) in [6.45, 7) is 6.83. The maximum absolute atomic E-state index is 13.5. The number of piperidine rings is 1. The molecule has 2 aliphatic heterocycles. The molecule has 2 saturated heterocycles. The van der Waals surface area contributed by atoms with Crippen LogP contribution in [0.1, 0.15) is 25.3 Å². The number of anilines is 2. The van der Waals surface area contributed by atoms with Gasteiger partial charge >= 0.3 is 6.18 Å². The van der Waals surface area contributed by atoms with Crippen molar-refractivity contribution in [3.8, 4) is 0 Å². The number of halogens is 4. The average Bonchev–Trinajstić information content (AvgIpc) is 2.96. The number of hydrogen-bond donors (Lipinski definition) is 1. The molecule has 3 aromatic rings. The number of nitrogens with zero attached hydrogens (tertiary/aromatic N) is 4. The maximum Gasteiger partial charge on any atom is 0.423 e. The summed E-state index contributed by atoms with van der Waals surface area (Å²) in [6.07, 6.45) is -3.71. The van der Waals surface area contributed by atoms with Crippen LogP contribution >= 0.6 is 0 Å². The van der Waals surface area contributed by atoms with Crippen molar-refractivity contribution in [2.75, 3.05) is 56.0 Å². The lowest BCUT2D eigenvalue weighted by molar-refractivity contribution is -0.388. The fraction of sp³-hybridized carbons (Fsp3) is 0.433. The highest BCUT2D eigenvalue weighted by Crippen LogP contribution is 2.38. The second-order valence-corrected chi connectivity index (χ2v) is 11.1. The molecular weight excluding hydrogens is 554 g/mol. The number of likely N-dealkylation sites (tertiary alicyclic amines) is 1. The first kappa shape index (κ1) is 29.6. The molecule has 0 saturated carbocycles. The third kappa shape index (κ3) is 6.75. The molecule has 1 N–H and O–H groups in total. The molecule has 0 aliphatic carbocycles. The van der Waals surface area contributed by atoms with E-state index in [1.54, 1.807) is 6.07 Å². The lowest BCUT2D eigenvalue weighted by Crippen LogP contribution is -2.50. The minimum absolute atomic E-state index is 0.0623. The summed E-state index contributed by atoms with van der Waals surface area (Å²) in [7, 11) is 0. The van der Waals surface area contributed by atoms with Crippen molar-refractivity contribution in [1.29, 1.82) is 0 Å². The second-order valence-electron chi connectivity index (χ2n) is 11.1. The van der Waals surface area contributed by atoms with Crippen molar-refractivity contribution in [3.63, 3.8) is 0 Å². The van der Waals surface area contributed by atoms with Gasteiger partial charge in [0, 0.05) is 75.2 Å². The Bertz CT molecular complexity index is 1450. The van der Waals surface area contributed by atoms with Gasteiger partial charge in [0.05, 0.1) is 4.92 Å². The molecule has 2 heterocycles. The van der Waals surface area contributed by atoms with Gasteiger partial charge in [0.2, 0.25) is 5.91 Å². The van der Waals surface area contributed by atoms with Gasteiger partial charge in [-0.15, -0.1) is 0 Å². The number of rotatable bonds is 7. The maximum atomic E-state index is 13.5. The zero-order valence-corrected chi connectivity index (χ0v) is 23.2. The number of hydrogen-bond acceptors (Lipinski definition) is 6. The molecule has 3 aromatic carbocycles. The Balaban J connectivity index is 1.09. The van der Waals surface area contributed by atoms with Crippen molar-refractivity contribution < 1.29 is 27.3 Å². The van der Waals surface area contributed by atoms with Gasteiger partial charge in [0.25, 0.3) is 5.69 Å². The van der Waals surface area contributed by atoms with Crippen molar-refractivity contribution in [2.24, 2.45) is 5.92 Å². The quantitative estimate of drug-likeness (QED) is 0.215. The van der Waals surface area contributed by atoms with E-state index >= 15 is 0 Å². The summed E-state index contributed by atoms with van der Waals surface area (Å²) in [4.78, 5) is 29.5. The zero-order chi connectivity index (χ0) is 30.0. The van der Waals surface area contributed by atoms with Gasteiger partial charge < -0.3 is 15.1 Å². The fourth-order valence-electron chi connectivity index (χ4n) is 5.86. The number of amides is 1. The van der Waals surface area contributed by atoms with E-state index in [2.05, 4.69) is 21.2 Å². The van der Waals surface area contributed by atoms with Gasteiger partial charge in [-0.2, -0.15) is 13.2 Å². The number of carbonyl (C=O) groups excluding carboxylic acids is 1. The predicted octanol–water partition coefficient (Wildman–Crippen LogP) is 5.77. The lowest BCUT2D eigenvalue weighted by atomic mass is 10.0. The molecule has 1 unspecified atom stereocenters. The molecule has 0 aromatic heterocycles. The lowest BCUT2D eigenvalue weighted by Gasteiger charge is -2.38. The van der Waals surface area contributed by atoms with Crippen LogP contribution in [-0.4, -0.2) is 72.5 Å². The fourth-order valence-corrected chi connectivity index (χ4v) is 5.86. The van der Waals surface area contributed by atoms with Crippen LogP contribution in [0.4, 0.5) is 34.6 Å². The smallest absolute Gasteiger partial charge is 0.382 e. The Morgan fingerprint density at radius 2 is 1.64 bits per heavy atom. The Hall–Kier alpha value is -3.93. The van der Waals surface area contributed by atoms with E-state index < -0.39 is 22.4 Å². The second kappa shape index (κ2) is 12.1. The van der Waals surface area contributed by atoms with Crippen molar-refractivity contribution in [3.05, 3.63) is 76.1 Å². The summed E-state index contributed by atoms with van der Waals surface area (Å²) in [6, 6.07) is 13.6. The number of benzene rings is 3. The normalized spacial score (nSPS) is 17.8. The van der Waals surface area contributed by atoms with Gasteiger partial charge in [-0.25, -0.2) is 4.39 Å². The molecule has 5 rings (SSSR count). The SMILES string of the molecule is CC(CN1CCN(c2ccc3cc(F)ccc3c2)CC1)C(=O)N1CCC(Nc2ccc([N+](=O)[O-])c(C(F)(F)F)c2)CC1. The van der Waals surface area contributed by atoms with E-state index in [9.17, 15) is 32.5 Å². The van der Waals surface area contributed by atoms with Gasteiger partial charge in [0.15, 0.2) is 0 Å². The van der Waals surface area contributed by atoms with Crippen molar-refractivity contribution in [1.82, 2.24) is 9.80 Å². The van der Waals surface area contributed by atoms with E-state index in [0.29, 0.717) is 32.5 Å². The number of carbonyl (C=O) groups is 1. The van der Waals surface area contributed by atoms with Crippen molar-refractivity contribution >= 4 is 33.7 Å². The molecule has 0 radical (unpaired) electrons. The molecule has 1 amide bonds. The Kier molecular flexibility index (Phi) is 8.53. The van der Waals surface area contributed by atoms with Gasteiger partial charge in [-0.3, -0.25) is 19.8 Å². The molecule has 0 spiro atoms. The first-order chi connectivity index (χ1) is 20.0. The molecule has 2 aliphatic rings. The van der Waals surface area contributed by atoms with E-state index in [1.807, 2.05) is 24.0 Å². The van der Waals surface area contributed by atoms with Crippen molar-refractivity contribution in [2.45, 2.75) is 32.0 Å². The van der Waals surface area contributed by atoms with Crippen LogP contribution in [0.25, 0.3) is 10.8 Å². The van der Waals surface area contributed by atoms with Crippen LogP contribution in [0.5, 0.6) is 0 Å². The minimum atomic E-state index is -4.84. The van der Waals surface area contributed by atoms with Gasteiger partial charge in [0.1, 0.15) is 11.4 Å². The minimum Gasteiger partial charge on any atom is -0.382 e. The topological polar surface area (TPSA) is 82.0 Å². The van der Waals surface area contributed by atoms with E-state index in [1.165, 1.54) is 18.2 Å². The molecule has 2 fully saturated rings. The Morgan fingerprint density at radius 3 is 2.31 bits per heavy atom. The summed E-state index contributed by atoms with van der Waals surface area (Å²) in [5, 5.41) is 15.9. The average molecular weight is 588 g/mol. The van der Waals surface area contributed by atoms with Crippen LogP contribution in [0.3, 0.4) is 0 Å². The molecule has 1 atom stereocenters. The van der Waals surface area contributed by atoms with Gasteiger partial charge in [-0.05, 0) is 60.0 Å². The summed E-state index contributed by atoms with van der Waals surface area (Å²) < 4.78 is 53.4. The van der Waals surface area contributed by atoms with E-state index in [-0.39, 0.29) is 29.4 Å². The van der Waals surface area contributed by atoms with Crippen LogP contribution in [0.2, 0.25) is 0 Å². The molecule has 8 nitrogen and oxygen atoms in total. The summed E-state index contributed by atoms with van der Waals surface area (Å²) in [5.41, 5.74) is -0.996. The number of nitrogens with one attached hydrogen (secondary N) is 1. The first-order valence-electron chi connectivity index (χ1n) is 14.1. The molecule has 12 heteroatoms. The van der Waals surface area contributed by atoms with Gasteiger partial charge in [-0.1, -0.05) is 19.1 Å².